The van der Waals surface area contributed by atoms with Gasteiger partial charge in [0, 0.05) is 23.0 Å². The van der Waals surface area contributed by atoms with Crippen LogP contribution in [0.3, 0.4) is 0 Å². The molecule has 0 atom stereocenters. The zero-order valence-corrected chi connectivity index (χ0v) is 26.6. The van der Waals surface area contributed by atoms with Crippen molar-refractivity contribution in [3.05, 3.63) is 25.4 Å². The lowest BCUT2D eigenvalue weighted by Gasteiger charge is -2.07. The van der Waals surface area contributed by atoms with Crippen molar-refractivity contribution in [3.8, 4) is 0 Å². The third-order valence-corrected chi connectivity index (χ3v) is 16.0. The van der Waals surface area contributed by atoms with Gasteiger partial charge in [-0.2, -0.15) is 0 Å². The van der Waals surface area contributed by atoms with Gasteiger partial charge >= 0.3 is 0 Å². The number of thioether (sulfide) groups is 8. The Morgan fingerprint density at radius 3 is 0.750 bits per heavy atom. The topological polar surface area (TPSA) is 55.4 Å². The summed E-state index contributed by atoms with van der Waals surface area (Å²) in [5.74, 6) is 3.82. The van der Waals surface area contributed by atoms with E-state index in [0.29, 0.717) is 52.9 Å². The Morgan fingerprint density at radius 2 is 0.500 bits per heavy atom. The first-order chi connectivity index (χ1) is 17.9. The molecule has 4 heterocycles. The van der Waals surface area contributed by atoms with Crippen LogP contribution >= 0.6 is 94.1 Å². The number of ether oxygens (including phenoxy) is 6. The molecule has 0 N–H and O–H groups in total. The highest BCUT2D eigenvalue weighted by molar-refractivity contribution is 8.45. The van der Waals surface area contributed by atoms with Crippen LogP contribution in [0, 0.1) is 0 Å². The molecule has 0 aliphatic carbocycles. The van der Waals surface area contributed by atoms with Gasteiger partial charge in [0.05, 0.1) is 105 Å². The van der Waals surface area contributed by atoms with E-state index in [9.17, 15) is 0 Å². The van der Waals surface area contributed by atoms with Gasteiger partial charge in [-0.3, -0.25) is 0 Å². The molecule has 0 aromatic heterocycles. The molecule has 0 radical (unpaired) electrons. The first kappa shape index (κ1) is 30.7. The van der Waals surface area contributed by atoms with Crippen LogP contribution < -0.4 is 0 Å². The Labute approximate surface area is 248 Å². The molecular formula is C22H32O6S8. The molecule has 4 rings (SSSR count). The second-order valence-electron chi connectivity index (χ2n) is 7.20. The average Bonchev–Trinajstić information content (AvgIpc) is 3.47. The van der Waals surface area contributed by atoms with E-state index in [1.54, 1.807) is 0 Å². The van der Waals surface area contributed by atoms with Gasteiger partial charge in [0.2, 0.25) is 0 Å². The summed E-state index contributed by atoms with van der Waals surface area (Å²) >= 11 is 15.3. The lowest BCUT2D eigenvalue weighted by Crippen LogP contribution is -2.11. The summed E-state index contributed by atoms with van der Waals surface area (Å²) in [4.78, 5) is 0. The molecule has 0 spiro atoms. The molecule has 0 unspecified atom stereocenters. The molecular weight excluding hydrogens is 617 g/mol. The highest BCUT2D eigenvalue weighted by Crippen LogP contribution is 2.66. The van der Waals surface area contributed by atoms with Crippen molar-refractivity contribution >= 4 is 94.1 Å². The molecule has 204 valence electrons. The van der Waals surface area contributed by atoms with Gasteiger partial charge in [-0.25, -0.2) is 0 Å². The Balaban J connectivity index is 1.35. The maximum Gasteiger partial charge on any atom is 0.0717 e. The lowest BCUT2D eigenvalue weighted by molar-refractivity contribution is 0.0205. The maximum absolute atomic E-state index is 5.74. The van der Waals surface area contributed by atoms with E-state index in [2.05, 4.69) is 0 Å². The van der Waals surface area contributed by atoms with E-state index in [1.807, 2.05) is 94.1 Å². The van der Waals surface area contributed by atoms with Crippen molar-refractivity contribution < 1.29 is 28.4 Å². The van der Waals surface area contributed by atoms with Crippen molar-refractivity contribution in [2.75, 3.05) is 102 Å². The highest BCUT2D eigenvalue weighted by atomic mass is 32.3. The summed E-state index contributed by atoms with van der Waals surface area (Å²) in [5, 5.41) is 0. The first-order valence-electron chi connectivity index (χ1n) is 11.8. The molecule has 36 heavy (non-hydrogen) atoms. The number of hydrogen-bond donors (Lipinski definition) is 0. The summed E-state index contributed by atoms with van der Waals surface area (Å²) in [6.45, 7) is 8.06. The number of rotatable bonds is 0. The fourth-order valence-corrected chi connectivity index (χ4v) is 14.6. The average molecular weight is 649 g/mol. The zero-order chi connectivity index (χ0) is 24.7. The van der Waals surface area contributed by atoms with Gasteiger partial charge in [-0.1, -0.05) is 47.0 Å². The van der Waals surface area contributed by atoms with Gasteiger partial charge in [-0.05, 0) is 0 Å². The second kappa shape index (κ2) is 19.0. The normalized spacial score (nSPS) is 26.0. The third-order valence-electron chi connectivity index (χ3n) is 4.57. The fraction of sp³-hybridized carbons (Fsp3) is 0.727. The Morgan fingerprint density at radius 1 is 0.278 bits per heavy atom. The van der Waals surface area contributed by atoms with E-state index in [-0.39, 0.29) is 0 Å². The predicted molar refractivity (Wildman–Crippen MR) is 166 cm³/mol. The van der Waals surface area contributed by atoms with E-state index in [0.717, 1.165) is 49.4 Å². The molecule has 14 heteroatoms. The van der Waals surface area contributed by atoms with E-state index < -0.39 is 0 Å². The van der Waals surface area contributed by atoms with Crippen LogP contribution in [-0.4, -0.2) is 102 Å². The third kappa shape index (κ3) is 11.3. The molecule has 6 nitrogen and oxygen atoms in total. The Bertz CT molecular complexity index is 660. The fourth-order valence-electron chi connectivity index (χ4n) is 2.92. The first-order valence-corrected chi connectivity index (χ1v) is 19.0. The molecule has 0 bridgehead atoms. The number of hydrogen-bond acceptors (Lipinski definition) is 14. The van der Waals surface area contributed by atoms with Crippen LogP contribution in [0.1, 0.15) is 0 Å². The van der Waals surface area contributed by atoms with Crippen LogP contribution in [0.15, 0.2) is 25.4 Å². The van der Waals surface area contributed by atoms with Crippen molar-refractivity contribution in [1.29, 1.82) is 0 Å². The molecule has 0 amide bonds. The molecule has 0 aromatic carbocycles. The molecule has 0 fully saturated rings. The van der Waals surface area contributed by atoms with E-state index in [1.165, 1.54) is 25.4 Å². The molecule has 0 saturated heterocycles. The standard InChI is InChI=1S/C22H32O6S8/c1-5-25-9-13-29-17-18(30-14-10-26-6-2-23-1)34-21(33-17)22-35-19-20(36-22)32-16-12-28-8-4-24-3-7-27-11-15-31-19/h1-16H2. The van der Waals surface area contributed by atoms with Crippen molar-refractivity contribution in [3.63, 3.8) is 0 Å². The van der Waals surface area contributed by atoms with Gasteiger partial charge in [0.1, 0.15) is 0 Å². The van der Waals surface area contributed by atoms with Gasteiger partial charge < -0.3 is 28.4 Å². The summed E-state index contributed by atoms with van der Waals surface area (Å²) in [6, 6.07) is 0. The molecule has 4 aliphatic rings. The highest BCUT2D eigenvalue weighted by Gasteiger charge is 2.31. The van der Waals surface area contributed by atoms with Gasteiger partial charge in [0.15, 0.2) is 0 Å². The minimum Gasteiger partial charge on any atom is -0.378 e. The minimum absolute atomic E-state index is 0.631. The van der Waals surface area contributed by atoms with Crippen LogP contribution in [-0.2, 0) is 28.4 Å². The minimum atomic E-state index is 0.631. The van der Waals surface area contributed by atoms with Crippen LogP contribution in [0.5, 0.6) is 0 Å². The predicted octanol–water partition coefficient (Wildman–Crippen LogP) is 6.39. The SMILES string of the molecule is C1COCCSC2=C(SCCOCCO1)SC(=C1SC3=C(SCCOCCOCCOCCS3)S1)S2. The molecule has 0 saturated carbocycles. The molecule has 0 aromatic rings. The maximum atomic E-state index is 5.74. The second-order valence-corrected chi connectivity index (χ2v) is 17.3. The van der Waals surface area contributed by atoms with Crippen molar-refractivity contribution in [1.82, 2.24) is 0 Å². The van der Waals surface area contributed by atoms with Crippen LogP contribution in [0.4, 0.5) is 0 Å². The summed E-state index contributed by atoms with van der Waals surface area (Å²) in [7, 11) is 0. The Kier molecular flexibility index (Phi) is 16.2. The van der Waals surface area contributed by atoms with E-state index in [4.69, 9.17) is 28.4 Å². The smallest absolute Gasteiger partial charge is 0.0717 e. The van der Waals surface area contributed by atoms with E-state index >= 15 is 0 Å². The Hall–Kier alpha value is 1.78. The van der Waals surface area contributed by atoms with Crippen molar-refractivity contribution in [2.24, 2.45) is 0 Å². The lowest BCUT2D eigenvalue weighted by atomic mass is 10.7. The van der Waals surface area contributed by atoms with Crippen molar-refractivity contribution in [2.45, 2.75) is 0 Å². The quantitative estimate of drug-likeness (QED) is 0.292. The molecule has 4 aliphatic heterocycles. The summed E-state index contributed by atoms with van der Waals surface area (Å²) in [5.41, 5.74) is 0. The van der Waals surface area contributed by atoms with Gasteiger partial charge in [0.25, 0.3) is 0 Å². The monoisotopic (exact) mass is 648 g/mol. The van der Waals surface area contributed by atoms with Gasteiger partial charge in [-0.15, -0.1) is 47.0 Å². The summed E-state index contributed by atoms with van der Waals surface area (Å²) in [6.07, 6.45) is 0. The zero-order valence-electron chi connectivity index (χ0n) is 20.0. The van der Waals surface area contributed by atoms with Crippen LogP contribution in [0.25, 0.3) is 0 Å². The van der Waals surface area contributed by atoms with Crippen LogP contribution in [0.2, 0.25) is 0 Å². The summed E-state index contributed by atoms with van der Waals surface area (Å²) < 4.78 is 42.4. The largest absolute Gasteiger partial charge is 0.378 e.